The van der Waals surface area contributed by atoms with E-state index in [0.717, 1.165) is 36.5 Å². The SMILES string of the molecule is CCOC1CCCc2c1oc(-c1ccccc1)c2I. The van der Waals surface area contributed by atoms with E-state index in [9.17, 15) is 0 Å². The summed E-state index contributed by atoms with van der Waals surface area (Å²) in [6.07, 6.45) is 3.49. The topological polar surface area (TPSA) is 22.4 Å². The molecular formula is C16H17IO2. The lowest BCUT2D eigenvalue weighted by Gasteiger charge is -2.20. The van der Waals surface area contributed by atoms with Gasteiger partial charge < -0.3 is 9.15 Å². The molecule has 0 aliphatic heterocycles. The fourth-order valence-corrected chi connectivity index (χ4v) is 3.64. The summed E-state index contributed by atoms with van der Waals surface area (Å²) in [6, 6.07) is 10.3. The van der Waals surface area contributed by atoms with Crippen molar-refractivity contribution in [2.75, 3.05) is 6.61 Å². The molecule has 0 spiro atoms. The van der Waals surface area contributed by atoms with Crippen LogP contribution in [0.3, 0.4) is 0 Å². The minimum Gasteiger partial charge on any atom is -0.457 e. The molecule has 0 saturated carbocycles. The number of furan rings is 1. The fourth-order valence-electron chi connectivity index (χ4n) is 2.69. The summed E-state index contributed by atoms with van der Waals surface area (Å²) in [7, 11) is 0. The van der Waals surface area contributed by atoms with Gasteiger partial charge in [0, 0.05) is 17.7 Å². The molecule has 0 N–H and O–H groups in total. The minimum absolute atomic E-state index is 0.139. The van der Waals surface area contributed by atoms with E-state index in [1.807, 2.05) is 25.1 Å². The summed E-state index contributed by atoms with van der Waals surface area (Å²) in [5.41, 5.74) is 2.50. The molecule has 1 atom stereocenters. The first-order chi connectivity index (χ1) is 9.31. The van der Waals surface area contributed by atoms with E-state index in [1.54, 1.807) is 0 Å². The molecule has 3 heteroatoms. The van der Waals surface area contributed by atoms with Crippen molar-refractivity contribution in [2.45, 2.75) is 32.3 Å². The quantitative estimate of drug-likeness (QED) is 0.715. The van der Waals surface area contributed by atoms with Crippen molar-refractivity contribution in [1.29, 1.82) is 0 Å². The maximum Gasteiger partial charge on any atom is 0.148 e. The van der Waals surface area contributed by atoms with Gasteiger partial charge in [-0.3, -0.25) is 0 Å². The van der Waals surface area contributed by atoms with Gasteiger partial charge in [-0.2, -0.15) is 0 Å². The Bertz CT molecular complexity index is 560. The maximum absolute atomic E-state index is 6.16. The number of ether oxygens (including phenoxy) is 1. The van der Waals surface area contributed by atoms with Crippen LogP contribution in [0.4, 0.5) is 0 Å². The van der Waals surface area contributed by atoms with Gasteiger partial charge in [-0.15, -0.1) is 0 Å². The number of hydrogen-bond acceptors (Lipinski definition) is 2. The van der Waals surface area contributed by atoms with Crippen LogP contribution >= 0.6 is 22.6 Å². The van der Waals surface area contributed by atoms with Crippen LogP contribution in [0.15, 0.2) is 34.7 Å². The Morgan fingerprint density at radius 3 is 2.84 bits per heavy atom. The predicted molar refractivity (Wildman–Crippen MR) is 84.2 cm³/mol. The molecule has 3 rings (SSSR count). The van der Waals surface area contributed by atoms with Gasteiger partial charge in [0.1, 0.15) is 17.6 Å². The van der Waals surface area contributed by atoms with Gasteiger partial charge in [0.2, 0.25) is 0 Å². The Hall–Kier alpha value is -0.810. The molecule has 100 valence electrons. The van der Waals surface area contributed by atoms with Crippen molar-refractivity contribution >= 4 is 22.6 Å². The Balaban J connectivity index is 2.05. The van der Waals surface area contributed by atoms with E-state index in [2.05, 4.69) is 34.7 Å². The average Bonchev–Trinajstić information content (AvgIpc) is 2.79. The average molecular weight is 368 g/mol. The van der Waals surface area contributed by atoms with Gasteiger partial charge in [0.15, 0.2) is 0 Å². The van der Waals surface area contributed by atoms with E-state index in [1.165, 1.54) is 15.6 Å². The van der Waals surface area contributed by atoms with Crippen molar-refractivity contribution in [2.24, 2.45) is 0 Å². The van der Waals surface area contributed by atoms with Crippen LogP contribution in [-0.4, -0.2) is 6.61 Å². The first-order valence-corrected chi connectivity index (χ1v) is 7.87. The highest BCUT2D eigenvalue weighted by molar-refractivity contribution is 14.1. The lowest BCUT2D eigenvalue weighted by Crippen LogP contribution is -2.11. The molecule has 1 aliphatic carbocycles. The third-order valence-corrected chi connectivity index (χ3v) is 4.70. The molecule has 2 nitrogen and oxygen atoms in total. The van der Waals surface area contributed by atoms with Crippen molar-refractivity contribution in [1.82, 2.24) is 0 Å². The fraction of sp³-hybridized carbons (Fsp3) is 0.375. The van der Waals surface area contributed by atoms with Crippen LogP contribution in [0.2, 0.25) is 0 Å². The maximum atomic E-state index is 6.16. The summed E-state index contributed by atoms with van der Waals surface area (Å²) in [5, 5.41) is 0. The second-order valence-corrected chi connectivity index (χ2v) is 5.87. The van der Waals surface area contributed by atoms with Crippen LogP contribution < -0.4 is 0 Å². The summed E-state index contributed by atoms with van der Waals surface area (Å²) in [5.74, 6) is 2.05. The molecule has 2 aromatic rings. The van der Waals surface area contributed by atoms with Crippen LogP contribution in [-0.2, 0) is 11.2 Å². The first-order valence-electron chi connectivity index (χ1n) is 6.79. The summed E-state index contributed by atoms with van der Waals surface area (Å²) in [6.45, 7) is 2.78. The molecule has 1 aliphatic rings. The Kier molecular flexibility index (Phi) is 3.93. The van der Waals surface area contributed by atoms with Crippen molar-refractivity contribution < 1.29 is 9.15 Å². The molecule has 0 amide bonds. The van der Waals surface area contributed by atoms with Gasteiger partial charge in [0.25, 0.3) is 0 Å². The number of halogens is 1. The van der Waals surface area contributed by atoms with Gasteiger partial charge in [-0.25, -0.2) is 0 Å². The number of fused-ring (bicyclic) bond motifs is 1. The van der Waals surface area contributed by atoms with Crippen molar-refractivity contribution in [3.63, 3.8) is 0 Å². The third-order valence-electron chi connectivity index (χ3n) is 3.56. The lowest BCUT2D eigenvalue weighted by atomic mass is 9.96. The Morgan fingerprint density at radius 2 is 2.11 bits per heavy atom. The molecule has 0 fully saturated rings. The number of hydrogen-bond donors (Lipinski definition) is 0. The summed E-state index contributed by atoms with van der Waals surface area (Å²) >= 11 is 2.41. The van der Waals surface area contributed by atoms with E-state index in [0.29, 0.717) is 0 Å². The molecule has 1 aromatic heterocycles. The van der Waals surface area contributed by atoms with Crippen LogP contribution in [0.1, 0.15) is 37.2 Å². The minimum atomic E-state index is 0.139. The molecule has 0 radical (unpaired) electrons. The van der Waals surface area contributed by atoms with E-state index in [-0.39, 0.29) is 6.10 Å². The largest absolute Gasteiger partial charge is 0.457 e. The Morgan fingerprint density at radius 1 is 1.32 bits per heavy atom. The van der Waals surface area contributed by atoms with Gasteiger partial charge in [-0.1, -0.05) is 30.3 Å². The number of rotatable bonds is 3. The van der Waals surface area contributed by atoms with Gasteiger partial charge in [-0.05, 0) is 48.8 Å². The monoisotopic (exact) mass is 368 g/mol. The highest BCUT2D eigenvalue weighted by Crippen LogP contribution is 2.41. The zero-order valence-electron chi connectivity index (χ0n) is 11.0. The predicted octanol–water partition coefficient (Wildman–Crippen LogP) is 4.97. The van der Waals surface area contributed by atoms with Gasteiger partial charge >= 0.3 is 0 Å². The van der Waals surface area contributed by atoms with Crippen LogP contribution in [0.5, 0.6) is 0 Å². The highest BCUT2D eigenvalue weighted by atomic mass is 127. The summed E-state index contributed by atoms with van der Waals surface area (Å²) < 4.78 is 13.2. The molecule has 1 aromatic carbocycles. The lowest BCUT2D eigenvalue weighted by molar-refractivity contribution is 0.0343. The second kappa shape index (κ2) is 5.67. The zero-order valence-corrected chi connectivity index (χ0v) is 13.1. The Labute approximate surface area is 127 Å². The standard InChI is InChI=1S/C16H17IO2/c1-2-18-13-10-6-9-12-14(17)15(19-16(12)13)11-7-4-3-5-8-11/h3-5,7-8,13H,2,6,9-10H2,1H3. The molecule has 0 bridgehead atoms. The van der Waals surface area contributed by atoms with Crippen molar-refractivity contribution in [3.05, 3.63) is 45.2 Å². The number of benzene rings is 1. The van der Waals surface area contributed by atoms with E-state index in [4.69, 9.17) is 9.15 Å². The third kappa shape index (κ3) is 2.46. The zero-order chi connectivity index (χ0) is 13.2. The molecular weight excluding hydrogens is 351 g/mol. The van der Waals surface area contributed by atoms with Gasteiger partial charge in [0.05, 0.1) is 3.57 Å². The molecule has 1 unspecified atom stereocenters. The smallest absolute Gasteiger partial charge is 0.148 e. The van der Waals surface area contributed by atoms with E-state index >= 15 is 0 Å². The van der Waals surface area contributed by atoms with E-state index < -0.39 is 0 Å². The normalized spacial score (nSPS) is 18.3. The molecule has 1 heterocycles. The van der Waals surface area contributed by atoms with Crippen LogP contribution in [0, 0.1) is 3.57 Å². The second-order valence-electron chi connectivity index (χ2n) is 4.79. The van der Waals surface area contributed by atoms with Crippen molar-refractivity contribution in [3.8, 4) is 11.3 Å². The summed E-state index contributed by atoms with van der Waals surface area (Å²) in [4.78, 5) is 0. The molecule has 0 saturated heterocycles. The highest BCUT2D eigenvalue weighted by Gasteiger charge is 2.29. The van der Waals surface area contributed by atoms with Crippen LogP contribution in [0.25, 0.3) is 11.3 Å². The first kappa shape index (κ1) is 13.2. The molecule has 19 heavy (non-hydrogen) atoms.